The minimum Gasteiger partial charge on any atom is -0.443 e. The van der Waals surface area contributed by atoms with Gasteiger partial charge in [-0.25, -0.2) is 4.79 Å². The molecule has 3 N–H and O–H groups in total. The molecule has 114 valence electrons. The highest BCUT2D eigenvalue weighted by Gasteiger charge is 2.10. The van der Waals surface area contributed by atoms with Crippen molar-refractivity contribution in [2.45, 2.75) is 26.0 Å². The zero-order chi connectivity index (χ0) is 14.8. The first kappa shape index (κ1) is 20.9. The second-order valence-electron chi connectivity index (χ2n) is 4.37. The van der Waals surface area contributed by atoms with Gasteiger partial charge >= 0.3 is 5.97 Å². The monoisotopic (exact) mass is 300 g/mol. The molecule has 0 heterocycles. The van der Waals surface area contributed by atoms with Crippen LogP contribution in [0.5, 0.6) is 0 Å². The fraction of sp³-hybridized carbons (Fsp3) is 0.400. The Kier molecular flexibility index (Phi) is 12.0. The maximum Gasteiger partial charge on any atom is 0.334 e. The van der Waals surface area contributed by atoms with Crippen molar-refractivity contribution < 1.29 is 9.53 Å². The highest BCUT2D eigenvalue weighted by atomic mass is 35.5. The number of rotatable bonds is 4. The Hall–Kier alpha value is -1.36. The summed E-state index contributed by atoms with van der Waals surface area (Å²) in [7, 11) is 3.69. The third-order valence-electron chi connectivity index (χ3n) is 2.35. The Labute approximate surface area is 127 Å². The summed E-state index contributed by atoms with van der Waals surface area (Å²) >= 11 is 5.53. The lowest BCUT2D eigenvalue weighted by molar-refractivity contribution is -0.150. The number of halogens is 1. The first-order valence-corrected chi connectivity index (χ1v) is 6.54. The van der Waals surface area contributed by atoms with Crippen LogP contribution in [0.4, 0.5) is 0 Å². The van der Waals surface area contributed by atoms with Crippen LogP contribution < -0.4 is 6.15 Å². The summed E-state index contributed by atoms with van der Waals surface area (Å²) in [4.78, 5) is 12.7. The van der Waals surface area contributed by atoms with Crippen molar-refractivity contribution in [1.29, 1.82) is 0 Å². The largest absolute Gasteiger partial charge is 0.443 e. The van der Waals surface area contributed by atoms with Crippen molar-refractivity contribution >= 4 is 17.6 Å². The number of benzene rings is 1. The zero-order valence-electron chi connectivity index (χ0n) is 12.7. The van der Waals surface area contributed by atoms with Crippen LogP contribution in [0, 0.1) is 0 Å². The first-order chi connectivity index (χ1) is 8.88. The molecule has 0 spiro atoms. The molecule has 1 unspecified atom stereocenters. The average molecular weight is 301 g/mol. The van der Waals surface area contributed by atoms with E-state index >= 15 is 0 Å². The van der Waals surface area contributed by atoms with Crippen molar-refractivity contribution in [1.82, 2.24) is 11.1 Å². The standard InChI is InChI=1S/C8H15NO2.C7H7Cl.H3N/c1-6(2)8(10)11-7(3)9(4)5;8-6-7-4-2-1-3-5-7;/h7H,1H2,2-5H3;1-5H,6H2;1H3. The third-order valence-corrected chi connectivity index (χ3v) is 2.66. The Bertz CT molecular complexity index is 394. The lowest BCUT2D eigenvalue weighted by atomic mass is 10.2. The second-order valence-corrected chi connectivity index (χ2v) is 4.64. The van der Waals surface area contributed by atoms with E-state index < -0.39 is 0 Å². The molecule has 0 fully saturated rings. The van der Waals surface area contributed by atoms with Gasteiger partial charge in [-0.15, -0.1) is 11.6 Å². The van der Waals surface area contributed by atoms with Crippen LogP contribution >= 0.6 is 11.6 Å². The number of hydrogen-bond donors (Lipinski definition) is 1. The molecule has 0 aliphatic carbocycles. The first-order valence-electron chi connectivity index (χ1n) is 6.01. The van der Waals surface area contributed by atoms with Crippen LogP contribution in [0.25, 0.3) is 0 Å². The summed E-state index contributed by atoms with van der Waals surface area (Å²) < 4.78 is 4.96. The average Bonchev–Trinajstić information content (AvgIpc) is 2.40. The third kappa shape index (κ3) is 9.55. The number of hydrogen-bond acceptors (Lipinski definition) is 4. The van der Waals surface area contributed by atoms with Crippen LogP contribution in [0.3, 0.4) is 0 Å². The quantitative estimate of drug-likeness (QED) is 0.399. The van der Waals surface area contributed by atoms with Gasteiger partial charge in [0.25, 0.3) is 0 Å². The van der Waals surface area contributed by atoms with E-state index in [4.69, 9.17) is 16.3 Å². The minimum atomic E-state index is -0.341. The Morgan fingerprint density at radius 2 is 1.85 bits per heavy atom. The second kappa shape index (κ2) is 11.5. The molecule has 1 atom stereocenters. The zero-order valence-corrected chi connectivity index (χ0v) is 13.5. The molecule has 5 heteroatoms. The molecule has 0 saturated heterocycles. The van der Waals surface area contributed by atoms with Crippen LogP contribution in [0.2, 0.25) is 0 Å². The van der Waals surface area contributed by atoms with Crippen LogP contribution in [-0.2, 0) is 15.4 Å². The molecule has 0 aromatic heterocycles. The fourth-order valence-electron chi connectivity index (χ4n) is 0.928. The minimum absolute atomic E-state index is 0. The fourth-order valence-corrected chi connectivity index (χ4v) is 1.11. The van der Waals surface area contributed by atoms with Gasteiger partial charge in [0.1, 0.15) is 0 Å². The molecular weight excluding hydrogens is 276 g/mol. The predicted octanol–water partition coefficient (Wildman–Crippen LogP) is 3.60. The van der Waals surface area contributed by atoms with E-state index in [1.54, 1.807) is 18.7 Å². The Morgan fingerprint density at radius 3 is 2.15 bits per heavy atom. The maximum absolute atomic E-state index is 10.9. The van der Waals surface area contributed by atoms with Gasteiger partial charge in [-0.1, -0.05) is 36.9 Å². The van der Waals surface area contributed by atoms with Crippen molar-refractivity contribution in [3.05, 3.63) is 48.0 Å². The van der Waals surface area contributed by atoms with Crippen LogP contribution in [0.15, 0.2) is 42.5 Å². The van der Waals surface area contributed by atoms with Gasteiger partial charge in [0.15, 0.2) is 6.23 Å². The highest BCUT2D eigenvalue weighted by molar-refractivity contribution is 6.17. The van der Waals surface area contributed by atoms with E-state index in [1.165, 1.54) is 5.56 Å². The summed E-state index contributed by atoms with van der Waals surface area (Å²) in [5.41, 5.74) is 1.60. The van der Waals surface area contributed by atoms with E-state index in [0.29, 0.717) is 11.5 Å². The summed E-state index contributed by atoms with van der Waals surface area (Å²) in [6.07, 6.45) is -0.195. The molecule has 20 heavy (non-hydrogen) atoms. The molecular formula is C15H25ClN2O2. The molecule has 1 aromatic carbocycles. The lowest BCUT2D eigenvalue weighted by Gasteiger charge is -2.19. The van der Waals surface area contributed by atoms with E-state index in [1.807, 2.05) is 44.4 Å². The molecule has 1 rings (SSSR count). The SMILES string of the molecule is C=C(C)C(=O)OC(C)N(C)C.ClCc1ccccc1.N. The van der Waals surface area contributed by atoms with Crippen molar-refractivity contribution in [3.63, 3.8) is 0 Å². The van der Waals surface area contributed by atoms with E-state index in [0.717, 1.165) is 0 Å². The van der Waals surface area contributed by atoms with Crippen LogP contribution in [0.1, 0.15) is 19.4 Å². The number of nitrogens with zero attached hydrogens (tertiary/aromatic N) is 1. The lowest BCUT2D eigenvalue weighted by Crippen LogP contribution is -2.30. The maximum atomic E-state index is 10.9. The summed E-state index contributed by atoms with van der Waals surface area (Å²) in [5, 5.41) is 0. The van der Waals surface area contributed by atoms with Crippen molar-refractivity contribution in [2.24, 2.45) is 0 Å². The number of esters is 1. The Morgan fingerprint density at radius 1 is 1.35 bits per heavy atom. The van der Waals surface area contributed by atoms with Gasteiger partial charge in [0, 0.05) is 11.5 Å². The molecule has 0 bridgehead atoms. The van der Waals surface area contributed by atoms with Crippen LogP contribution in [-0.4, -0.2) is 31.2 Å². The van der Waals surface area contributed by atoms with Crippen molar-refractivity contribution in [2.75, 3.05) is 14.1 Å². The topological polar surface area (TPSA) is 64.5 Å². The summed E-state index contributed by atoms with van der Waals surface area (Å²) in [6.45, 7) is 6.91. The number of ether oxygens (including phenoxy) is 1. The molecule has 0 radical (unpaired) electrons. The predicted molar refractivity (Wildman–Crippen MR) is 85.1 cm³/mol. The molecule has 0 aliphatic rings. The summed E-state index contributed by atoms with van der Waals surface area (Å²) in [5.74, 6) is 0.270. The molecule has 0 amide bonds. The number of carbonyl (C=O) groups excluding carboxylic acids is 1. The molecule has 0 aliphatic heterocycles. The van der Waals surface area contributed by atoms with Gasteiger partial charge < -0.3 is 10.9 Å². The summed E-state index contributed by atoms with van der Waals surface area (Å²) in [6, 6.07) is 9.96. The molecule has 1 aromatic rings. The van der Waals surface area contributed by atoms with Gasteiger partial charge in [-0.05, 0) is 33.5 Å². The molecule has 4 nitrogen and oxygen atoms in total. The highest BCUT2D eigenvalue weighted by Crippen LogP contribution is 2.00. The van der Waals surface area contributed by atoms with E-state index in [9.17, 15) is 4.79 Å². The molecule has 0 saturated carbocycles. The van der Waals surface area contributed by atoms with Crippen molar-refractivity contribution in [3.8, 4) is 0 Å². The number of alkyl halides is 1. The van der Waals surface area contributed by atoms with Gasteiger partial charge in [-0.2, -0.15) is 0 Å². The van der Waals surface area contributed by atoms with E-state index in [2.05, 4.69) is 6.58 Å². The van der Waals surface area contributed by atoms with Gasteiger partial charge in [-0.3, -0.25) is 4.90 Å². The Balaban J connectivity index is 0. The number of carbonyl (C=O) groups is 1. The smallest absolute Gasteiger partial charge is 0.334 e. The van der Waals surface area contributed by atoms with E-state index in [-0.39, 0.29) is 18.3 Å². The van der Waals surface area contributed by atoms with Gasteiger partial charge in [0.05, 0.1) is 0 Å². The normalized spacial score (nSPS) is 10.7. The van der Waals surface area contributed by atoms with Gasteiger partial charge in [0.2, 0.25) is 0 Å².